The van der Waals surface area contributed by atoms with Gasteiger partial charge in [-0.15, -0.1) is 0 Å². The zero-order valence-electron chi connectivity index (χ0n) is 13.1. The molecule has 0 bridgehead atoms. The van der Waals surface area contributed by atoms with Crippen LogP contribution in [0, 0.1) is 11.3 Å². The summed E-state index contributed by atoms with van der Waals surface area (Å²) in [6.45, 7) is 7.93. The minimum absolute atomic E-state index is 0.0420. The second kappa shape index (κ2) is 5.59. The molecular formula is C15H20BNO4. The molecule has 1 aromatic carbocycles. The molecule has 0 radical (unpaired) electrons. The molecule has 5 nitrogen and oxygen atoms in total. The molecule has 0 N–H and O–H groups in total. The molecule has 0 unspecified atom stereocenters. The van der Waals surface area contributed by atoms with E-state index in [9.17, 15) is 0 Å². The highest BCUT2D eigenvalue weighted by Crippen LogP contribution is 2.37. The number of rotatable bonds is 4. The number of methoxy groups -OCH3 is 1. The quantitative estimate of drug-likeness (QED) is 0.792. The highest BCUT2D eigenvalue weighted by Gasteiger charge is 2.52. The lowest BCUT2D eigenvalue weighted by Gasteiger charge is -2.32. The van der Waals surface area contributed by atoms with Gasteiger partial charge in [-0.3, -0.25) is 0 Å². The molecule has 2 rings (SSSR count). The molecule has 0 amide bonds. The average Bonchev–Trinajstić information content (AvgIpc) is 2.64. The van der Waals surface area contributed by atoms with Crippen LogP contribution in [0.4, 0.5) is 0 Å². The smallest absolute Gasteiger partial charge is 0.497 e. The van der Waals surface area contributed by atoms with Crippen LogP contribution in [0.1, 0.15) is 27.7 Å². The van der Waals surface area contributed by atoms with Crippen molar-refractivity contribution in [1.82, 2.24) is 0 Å². The highest BCUT2D eigenvalue weighted by molar-refractivity contribution is 6.63. The number of hydrogen-bond donors (Lipinski definition) is 0. The van der Waals surface area contributed by atoms with Crippen molar-refractivity contribution >= 4 is 12.6 Å². The fourth-order valence-corrected chi connectivity index (χ4v) is 2.04. The lowest BCUT2D eigenvalue weighted by molar-refractivity contribution is 0.00578. The van der Waals surface area contributed by atoms with E-state index in [1.54, 1.807) is 13.2 Å². The molecule has 21 heavy (non-hydrogen) atoms. The van der Waals surface area contributed by atoms with Crippen molar-refractivity contribution < 1.29 is 18.8 Å². The monoisotopic (exact) mass is 289 g/mol. The maximum Gasteiger partial charge on any atom is 0.498 e. The summed E-state index contributed by atoms with van der Waals surface area (Å²) in [4.78, 5) is 0. The van der Waals surface area contributed by atoms with Gasteiger partial charge in [-0.2, -0.15) is 5.26 Å². The minimum Gasteiger partial charge on any atom is -0.497 e. The Labute approximate surface area is 125 Å². The standard InChI is InChI=1S/C15H20BNO4/c1-14(2)15(3,4)21-16(20-14)12-7-6-11(18-5)10-13(12)19-9-8-17/h6-7,10H,9H2,1-5H3. The van der Waals surface area contributed by atoms with Gasteiger partial charge in [0.2, 0.25) is 0 Å². The van der Waals surface area contributed by atoms with E-state index < -0.39 is 18.3 Å². The lowest BCUT2D eigenvalue weighted by atomic mass is 9.78. The molecule has 1 aliphatic rings. The minimum atomic E-state index is -0.533. The van der Waals surface area contributed by atoms with Crippen LogP contribution in [0.3, 0.4) is 0 Å². The van der Waals surface area contributed by atoms with E-state index in [-0.39, 0.29) is 6.61 Å². The van der Waals surface area contributed by atoms with Crippen LogP contribution in [0.15, 0.2) is 18.2 Å². The zero-order chi connectivity index (χ0) is 15.7. The first-order chi connectivity index (χ1) is 9.80. The Hall–Kier alpha value is -1.71. The van der Waals surface area contributed by atoms with E-state index in [0.717, 1.165) is 5.46 Å². The van der Waals surface area contributed by atoms with Crippen molar-refractivity contribution in [2.75, 3.05) is 13.7 Å². The average molecular weight is 289 g/mol. The van der Waals surface area contributed by atoms with Gasteiger partial charge in [-0.1, -0.05) is 6.07 Å². The fourth-order valence-electron chi connectivity index (χ4n) is 2.04. The molecule has 6 heteroatoms. The lowest BCUT2D eigenvalue weighted by Crippen LogP contribution is -2.41. The summed E-state index contributed by atoms with van der Waals surface area (Å²) in [5, 5.41) is 8.71. The third-order valence-electron chi connectivity index (χ3n) is 4.02. The van der Waals surface area contributed by atoms with Gasteiger partial charge >= 0.3 is 7.12 Å². The summed E-state index contributed by atoms with van der Waals surface area (Å²) in [6, 6.07) is 7.35. The van der Waals surface area contributed by atoms with Gasteiger partial charge in [0, 0.05) is 11.5 Å². The SMILES string of the molecule is COc1ccc(B2OC(C)(C)C(C)(C)O2)c(OCC#N)c1. The summed E-state index contributed by atoms with van der Waals surface area (Å²) >= 11 is 0. The van der Waals surface area contributed by atoms with Crippen molar-refractivity contribution in [3.63, 3.8) is 0 Å². The van der Waals surface area contributed by atoms with E-state index in [2.05, 4.69) is 0 Å². The number of benzene rings is 1. The van der Waals surface area contributed by atoms with Crippen molar-refractivity contribution in [3.8, 4) is 17.6 Å². The van der Waals surface area contributed by atoms with Crippen LogP contribution in [0.25, 0.3) is 0 Å². The molecule has 112 valence electrons. The highest BCUT2D eigenvalue weighted by atomic mass is 16.7. The molecule has 1 fully saturated rings. The summed E-state index contributed by atoms with van der Waals surface area (Å²) in [5.74, 6) is 1.19. The Balaban J connectivity index is 2.34. The molecule has 0 atom stereocenters. The van der Waals surface area contributed by atoms with Gasteiger partial charge < -0.3 is 18.8 Å². The number of nitrogens with zero attached hydrogens (tertiary/aromatic N) is 1. The molecule has 0 aromatic heterocycles. The van der Waals surface area contributed by atoms with Crippen molar-refractivity contribution in [2.24, 2.45) is 0 Å². The largest absolute Gasteiger partial charge is 0.498 e. The second-order valence-corrected chi connectivity index (χ2v) is 5.94. The van der Waals surface area contributed by atoms with Crippen LogP contribution in [0.2, 0.25) is 0 Å². The van der Waals surface area contributed by atoms with Gasteiger partial charge in [0.1, 0.15) is 17.6 Å². The van der Waals surface area contributed by atoms with E-state index in [1.807, 2.05) is 45.9 Å². The molecule has 1 saturated heterocycles. The van der Waals surface area contributed by atoms with E-state index >= 15 is 0 Å². The first-order valence-electron chi connectivity index (χ1n) is 6.84. The van der Waals surface area contributed by atoms with Crippen LogP contribution in [0.5, 0.6) is 11.5 Å². The topological polar surface area (TPSA) is 60.7 Å². The Morgan fingerprint density at radius 3 is 2.33 bits per heavy atom. The predicted molar refractivity (Wildman–Crippen MR) is 79.8 cm³/mol. The van der Waals surface area contributed by atoms with Crippen LogP contribution < -0.4 is 14.9 Å². The van der Waals surface area contributed by atoms with E-state index in [0.29, 0.717) is 11.5 Å². The molecule has 1 heterocycles. The molecule has 1 aromatic rings. The third-order valence-corrected chi connectivity index (χ3v) is 4.02. The number of nitriles is 1. The predicted octanol–water partition coefficient (Wildman–Crippen LogP) is 1.90. The van der Waals surface area contributed by atoms with Gasteiger partial charge in [0.05, 0.1) is 18.3 Å². The van der Waals surface area contributed by atoms with Gasteiger partial charge in [0.25, 0.3) is 0 Å². The fraction of sp³-hybridized carbons (Fsp3) is 0.533. The summed E-state index contributed by atoms with van der Waals surface area (Å²) in [6.07, 6.45) is 0. The number of ether oxygens (including phenoxy) is 2. The van der Waals surface area contributed by atoms with Crippen molar-refractivity contribution in [1.29, 1.82) is 5.26 Å². The Kier molecular flexibility index (Phi) is 4.17. The normalized spacial score (nSPS) is 19.1. The molecule has 0 aliphatic carbocycles. The van der Waals surface area contributed by atoms with Gasteiger partial charge in [-0.05, 0) is 33.8 Å². The third kappa shape index (κ3) is 2.99. The van der Waals surface area contributed by atoms with E-state index in [1.165, 1.54) is 0 Å². The Morgan fingerprint density at radius 2 is 1.81 bits per heavy atom. The summed E-state index contributed by atoms with van der Waals surface area (Å²) in [5.41, 5.74) is -0.0986. The summed E-state index contributed by atoms with van der Waals surface area (Å²) in [7, 11) is 1.05. The molecule has 1 aliphatic heterocycles. The Morgan fingerprint density at radius 1 is 1.19 bits per heavy atom. The molecule has 0 spiro atoms. The van der Waals surface area contributed by atoms with Crippen LogP contribution in [-0.2, 0) is 9.31 Å². The van der Waals surface area contributed by atoms with Crippen molar-refractivity contribution in [3.05, 3.63) is 18.2 Å². The van der Waals surface area contributed by atoms with Gasteiger partial charge in [-0.25, -0.2) is 0 Å². The van der Waals surface area contributed by atoms with Crippen LogP contribution in [-0.4, -0.2) is 32.0 Å². The molecule has 0 saturated carbocycles. The summed E-state index contributed by atoms with van der Waals surface area (Å²) < 4.78 is 22.7. The van der Waals surface area contributed by atoms with E-state index in [4.69, 9.17) is 24.0 Å². The number of hydrogen-bond acceptors (Lipinski definition) is 5. The van der Waals surface area contributed by atoms with Gasteiger partial charge in [0.15, 0.2) is 6.61 Å². The van der Waals surface area contributed by atoms with Crippen molar-refractivity contribution in [2.45, 2.75) is 38.9 Å². The maximum absolute atomic E-state index is 8.71. The first-order valence-corrected chi connectivity index (χ1v) is 6.84. The molecular weight excluding hydrogens is 269 g/mol. The Bertz CT molecular complexity index is 549. The van der Waals surface area contributed by atoms with Crippen LogP contribution >= 0.6 is 0 Å². The zero-order valence-corrected chi connectivity index (χ0v) is 13.1. The first kappa shape index (κ1) is 15.7. The second-order valence-electron chi connectivity index (χ2n) is 5.94. The maximum atomic E-state index is 8.71.